The molecule has 2 amide bonds. The first-order valence-corrected chi connectivity index (χ1v) is 8.03. The van der Waals surface area contributed by atoms with Crippen LogP contribution in [0.2, 0.25) is 0 Å². The largest absolute Gasteiger partial charge is 0.326 e. The van der Waals surface area contributed by atoms with Crippen LogP contribution in [0.1, 0.15) is 39.0 Å². The summed E-state index contributed by atoms with van der Waals surface area (Å²) in [5.41, 5.74) is 1.40. The second-order valence-corrected chi connectivity index (χ2v) is 5.85. The van der Waals surface area contributed by atoms with Gasteiger partial charge in [-0.3, -0.25) is 14.5 Å². The quantitative estimate of drug-likeness (QED) is 0.899. The molecule has 1 saturated heterocycles. The molecule has 5 heteroatoms. The van der Waals surface area contributed by atoms with Gasteiger partial charge in [0.25, 0.3) is 0 Å². The molecule has 2 rings (SSSR count). The van der Waals surface area contributed by atoms with E-state index < -0.39 is 0 Å². The fourth-order valence-corrected chi connectivity index (χ4v) is 2.75. The van der Waals surface area contributed by atoms with E-state index >= 15 is 0 Å². The Morgan fingerprint density at radius 2 is 1.59 bits per heavy atom. The van der Waals surface area contributed by atoms with Gasteiger partial charge in [-0.15, -0.1) is 0 Å². The second kappa shape index (κ2) is 8.54. The summed E-state index contributed by atoms with van der Waals surface area (Å²) in [5.74, 6) is -0.121. The number of benzene rings is 1. The normalized spacial score (nSPS) is 16.4. The van der Waals surface area contributed by atoms with Crippen LogP contribution in [0, 0.1) is 0 Å². The van der Waals surface area contributed by atoms with Crippen molar-refractivity contribution in [3.05, 3.63) is 24.3 Å². The minimum atomic E-state index is -0.121. The van der Waals surface area contributed by atoms with E-state index in [9.17, 15) is 9.59 Å². The molecule has 120 valence electrons. The van der Waals surface area contributed by atoms with Gasteiger partial charge in [-0.25, -0.2) is 0 Å². The Bertz CT molecular complexity index is 508. The first-order valence-electron chi connectivity index (χ1n) is 8.03. The van der Waals surface area contributed by atoms with E-state index in [0.29, 0.717) is 17.9 Å². The summed E-state index contributed by atoms with van der Waals surface area (Å²) < 4.78 is 0. The SMILES string of the molecule is CC(=O)Nc1cccc(NC(=O)CN2CCCCCCC2)c1. The Morgan fingerprint density at radius 3 is 2.23 bits per heavy atom. The van der Waals surface area contributed by atoms with Crippen molar-refractivity contribution in [2.24, 2.45) is 0 Å². The van der Waals surface area contributed by atoms with Crippen molar-refractivity contribution < 1.29 is 9.59 Å². The molecule has 1 heterocycles. The van der Waals surface area contributed by atoms with Crippen LogP contribution >= 0.6 is 0 Å². The van der Waals surface area contributed by atoms with Crippen molar-refractivity contribution in [3.8, 4) is 0 Å². The van der Waals surface area contributed by atoms with E-state index in [1.165, 1.54) is 39.0 Å². The van der Waals surface area contributed by atoms with E-state index in [-0.39, 0.29) is 11.8 Å². The third-order valence-electron chi connectivity index (χ3n) is 3.78. The van der Waals surface area contributed by atoms with Crippen molar-refractivity contribution >= 4 is 23.2 Å². The van der Waals surface area contributed by atoms with Crippen LogP contribution in [-0.4, -0.2) is 36.3 Å². The predicted molar refractivity (Wildman–Crippen MR) is 88.9 cm³/mol. The standard InChI is InChI=1S/C17H25N3O2/c1-14(21)18-15-8-7-9-16(12-15)19-17(22)13-20-10-5-3-2-4-6-11-20/h7-9,12H,2-6,10-11,13H2,1H3,(H,18,21)(H,19,22). The predicted octanol–water partition coefficient (Wildman–Crippen LogP) is 2.85. The highest BCUT2D eigenvalue weighted by molar-refractivity contribution is 5.94. The summed E-state index contributed by atoms with van der Waals surface area (Å²) in [6, 6.07) is 7.22. The smallest absolute Gasteiger partial charge is 0.238 e. The van der Waals surface area contributed by atoms with Crippen molar-refractivity contribution in [1.82, 2.24) is 4.90 Å². The number of hydrogen-bond acceptors (Lipinski definition) is 3. The Morgan fingerprint density at radius 1 is 1.00 bits per heavy atom. The zero-order chi connectivity index (χ0) is 15.8. The molecule has 0 aliphatic carbocycles. The molecule has 0 aromatic heterocycles. The van der Waals surface area contributed by atoms with Crippen molar-refractivity contribution in [1.29, 1.82) is 0 Å². The molecule has 2 N–H and O–H groups in total. The molecule has 1 fully saturated rings. The lowest BCUT2D eigenvalue weighted by atomic mass is 10.1. The number of amides is 2. The van der Waals surface area contributed by atoms with Gasteiger partial charge < -0.3 is 10.6 Å². The lowest BCUT2D eigenvalue weighted by Gasteiger charge is -2.23. The molecule has 1 aromatic carbocycles. The van der Waals surface area contributed by atoms with Crippen molar-refractivity contribution in [3.63, 3.8) is 0 Å². The highest BCUT2D eigenvalue weighted by Crippen LogP contribution is 2.15. The zero-order valence-electron chi connectivity index (χ0n) is 13.2. The number of rotatable bonds is 4. The fraction of sp³-hybridized carbons (Fsp3) is 0.529. The van der Waals surface area contributed by atoms with E-state index in [1.54, 1.807) is 12.1 Å². The highest BCUT2D eigenvalue weighted by Gasteiger charge is 2.12. The molecule has 1 aliphatic heterocycles. The van der Waals surface area contributed by atoms with Gasteiger partial charge >= 0.3 is 0 Å². The Hall–Kier alpha value is -1.88. The average Bonchev–Trinajstić information content (AvgIpc) is 2.41. The minimum absolute atomic E-state index is 0.000508. The van der Waals surface area contributed by atoms with Crippen molar-refractivity contribution in [2.45, 2.75) is 39.0 Å². The molecule has 0 unspecified atom stereocenters. The van der Waals surface area contributed by atoms with Gasteiger partial charge in [0.1, 0.15) is 0 Å². The van der Waals surface area contributed by atoms with E-state index in [4.69, 9.17) is 0 Å². The Labute approximate surface area is 132 Å². The molecule has 5 nitrogen and oxygen atoms in total. The first-order chi connectivity index (χ1) is 10.6. The lowest BCUT2D eigenvalue weighted by Crippen LogP contribution is -2.35. The molecule has 0 bridgehead atoms. The van der Waals surface area contributed by atoms with Crippen LogP contribution in [0.5, 0.6) is 0 Å². The van der Waals surface area contributed by atoms with Crippen LogP contribution in [0.25, 0.3) is 0 Å². The third-order valence-corrected chi connectivity index (χ3v) is 3.78. The van der Waals surface area contributed by atoms with Gasteiger partial charge in [0.05, 0.1) is 6.54 Å². The number of hydrogen-bond donors (Lipinski definition) is 2. The maximum atomic E-state index is 12.2. The van der Waals surface area contributed by atoms with E-state index in [0.717, 1.165) is 13.1 Å². The zero-order valence-corrected chi connectivity index (χ0v) is 13.2. The van der Waals surface area contributed by atoms with Gasteiger partial charge in [0, 0.05) is 18.3 Å². The third kappa shape index (κ3) is 5.85. The maximum absolute atomic E-state index is 12.2. The fourth-order valence-electron chi connectivity index (χ4n) is 2.75. The summed E-state index contributed by atoms with van der Waals surface area (Å²) in [7, 11) is 0. The highest BCUT2D eigenvalue weighted by atomic mass is 16.2. The number of anilines is 2. The van der Waals surface area contributed by atoms with Crippen LogP contribution < -0.4 is 10.6 Å². The monoisotopic (exact) mass is 303 g/mol. The number of carbonyl (C=O) groups is 2. The summed E-state index contributed by atoms with van der Waals surface area (Å²) in [4.78, 5) is 25.5. The summed E-state index contributed by atoms with van der Waals surface area (Å²) in [5, 5.41) is 5.62. The topological polar surface area (TPSA) is 61.4 Å². The van der Waals surface area contributed by atoms with E-state index in [2.05, 4.69) is 15.5 Å². The summed E-state index contributed by atoms with van der Waals surface area (Å²) in [6.07, 6.45) is 6.18. The molecule has 1 aromatic rings. The van der Waals surface area contributed by atoms with Gasteiger partial charge in [-0.05, 0) is 44.1 Å². The molecule has 0 radical (unpaired) electrons. The van der Waals surface area contributed by atoms with Crippen LogP contribution in [-0.2, 0) is 9.59 Å². The van der Waals surface area contributed by atoms with Gasteiger partial charge in [-0.1, -0.05) is 25.3 Å². The molecule has 1 aliphatic rings. The van der Waals surface area contributed by atoms with Gasteiger partial charge in [0.2, 0.25) is 11.8 Å². The summed E-state index contributed by atoms with van der Waals surface area (Å²) in [6.45, 7) is 3.90. The van der Waals surface area contributed by atoms with Gasteiger partial charge in [-0.2, -0.15) is 0 Å². The number of carbonyl (C=O) groups excluding carboxylic acids is 2. The van der Waals surface area contributed by atoms with Crippen molar-refractivity contribution in [2.75, 3.05) is 30.3 Å². The molecular formula is C17H25N3O2. The number of nitrogens with one attached hydrogen (secondary N) is 2. The van der Waals surface area contributed by atoms with E-state index in [1.807, 2.05) is 12.1 Å². The Kier molecular flexibility index (Phi) is 6.40. The van der Waals surface area contributed by atoms with Crippen LogP contribution in [0.3, 0.4) is 0 Å². The summed E-state index contributed by atoms with van der Waals surface area (Å²) >= 11 is 0. The maximum Gasteiger partial charge on any atom is 0.238 e. The average molecular weight is 303 g/mol. The van der Waals surface area contributed by atoms with Crippen LogP contribution in [0.15, 0.2) is 24.3 Å². The first kappa shape index (κ1) is 16.5. The van der Waals surface area contributed by atoms with Gasteiger partial charge in [0.15, 0.2) is 0 Å². The molecular weight excluding hydrogens is 278 g/mol. The minimum Gasteiger partial charge on any atom is -0.326 e. The Balaban J connectivity index is 1.86. The van der Waals surface area contributed by atoms with Crippen LogP contribution in [0.4, 0.5) is 11.4 Å². The molecule has 0 spiro atoms. The lowest BCUT2D eigenvalue weighted by molar-refractivity contribution is -0.117. The number of likely N-dealkylation sites (tertiary alicyclic amines) is 1. The molecule has 0 saturated carbocycles. The number of nitrogens with zero attached hydrogens (tertiary/aromatic N) is 1. The molecule has 0 atom stereocenters. The molecule has 22 heavy (non-hydrogen) atoms. The second-order valence-electron chi connectivity index (χ2n) is 5.85.